The third-order valence-corrected chi connectivity index (χ3v) is 1.12. The second-order valence-electron chi connectivity index (χ2n) is 2.02. The van der Waals surface area contributed by atoms with Crippen molar-refractivity contribution in [1.29, 1.82) is 0 Å². The molecule has 0 fully saturated rings. The van der Waals surface area contributed by atoms with Crippen LogP contribution in [0.3, 0.4) is 0 Å². The first-order chi connectivity index (χ1) is 5.81. The quantitative estimate of drug-likeness (QED) is 0.276. The molecule has 0 heterocycles. The van der Waals surface area contributed by atoms with Crippen LogP contribution in [0.1, 0.15) is 13.3 Å². The molecule has 68 valence electrons. The van der Waals surface area contributed by atoms with E-state index in [2.05, 4.69) is 21.6 Å². The Labute approximate surface area is 72.3 Å². The molecule has 0 bridgehead atoms. The van der Waals surface area contributed by atoms with Gasteiger partial charge < -0.3 is 10.1 Å². The van der Waals surface area contributed by atoms with Crippen molar-refractivity contribution in [2.24, 2.45) is 4.99 Å². The number of nitrogens with zero attached hydrogens (tertiary/aromatic N) is 1. The summed E-state index contributed by atoms with van der Waals surface area (Å²) in [5.41, 5.74) is 0. The molecule has 0 atom stereocenters. The zero-order valence-electron chi connectivity index (χ0n) is 7.25. The molecule has 0 aromatic rings. The number of ether oxygens (including phenoxy) is 1. The maximum atomic E-state index is 10.7. The Morgan fingerprint density at radius 2 is 2.50 bits per heavy atom. The number of aliphatic imine (C=N–C) groups is 1. The lowest BCUT2D eigenvalue weighted by Crippen LogP contribution is -2.24. The van der Waals surface area contributed by atoms with E-state index in [1.54, 1.807) is 6.92 Å². The SMILES string of the molecule is C=COC=NCCNC(=O)CC. The standard InChI is InChI=1S/C8H14N2O2/c1-3-8(11)10-6-5-9-7-12-4-2/h4,7H,2-3,5-6H2,1H3,(H,10,11). The van der Waals surface area contributed by atoms with Gasteiger partial charge in [0.1, 0.15) is 0 Å². The lowest BCUT2D eigenvalue weighted by Gasteiger charge is -1.98. The highest BCUT2D eigenvalue weighted by Crippen LogP contribution is 1.75. The van der Waals surface area contributed by atoms with Gasteiger partial charge in [-0.05, 0) is 0 Å². The summed E-state index contributed by atoms with van der Waals surface area (Å²) in [5, 5.41) is 2.68. The van der Waals surface area contributed by atoms with Gasteiger partial charge in [-0.2, -0.15) is 0 Å². The predicted molar refractivity (Wildman–Crippen MR) is 47.9 cm³/mol. The minimum Gasteiger partial charge on any atom is -0.454 e. The topological polar surface area (TPSA) is 50.7 Å². The highest BCUT2D eigenvalue weighted by Gasteiger charge is 1.92. The zero-order chi connectivity index (χ0) is 9.23. The molecule has 0 aromatic carbocycles. The molecular formula is C8H14N2O2. The summed E-state index contributed by atoms with van der Waals surface area (Å²) in [6.45, 7) is 6.21. The average molecular weight is 170 g/mol. The summed E-state index contributed by atoms with van der Waals surface area (Å²) < 4.78 is 4.63. The number of hydrogen-bond donors (Lipinski definition) is 1. The van der Waals surface area contributed by atoms with E-state index in [1.807, 2.05) is 0 Å². The first kappa shape index (κ1) is 10.7. The summed E-state index contributed by atoms with van der Waals surface area (Å²) in [5.74, 6) is 0.0369. The molecule has 0 aliphatic heterocycles. The van der Waals surface area contributed by atoms with Gasteiger partial charge in [-0.1, -0.05) is 13.5 Å². The van der Waals surface area contributed by atoms with Crippen LogP contribution in [0.2, 0.25) is 0 Å². The van der Waals surface area contributed by atoms with E-state index in [0.29, 0.717) is 19.5 Å². The molecule has 1 N–H and O–H groups in total. The van der Waals surface area contributed by atoms with E-state index in [9.17, 15) is 4.79 Å². The molecule has 4 nitrogen and oxygen atoms in total. The maximum Gasteiger partial charge on any atom is 0.219 e. The molecule has 0 rings (SSSR count). The maximum absolute atomic E-state index is 10.7. The Hall–Kier alpha value is -1.32. The molecule has 0 saturated carbocycles. The van der Waals surface area contributed by atoms with Crippen molar-refractivity contribution in [3.8, 4) is 0 Å². The lowest BCUT2D eigenvalue weighted by molar-refractivity contribution is -0.120. The van der Waals surface area contributed by atoms with E-state index in [1.165, 1.54) is 12.7 Å². The van der Waals surface area contributed by atoms with Gasteiger partial charge in [0.05, 0.1) is 12.8 Å². The van der Waals surface area contributed by atoms with Gasteiger partial charge >= 0.3 is 0 Å². The third kappa shape index (κ3) is 6.80. The Balaban J connectivity index is 3.20. The lowest BCUT2D eigenvalue weighted by atomic mass is 10.4. The molecule has 12 heavy (non-hydrogen) atoms. The summed E-state index contributed by atoms with van der Waals surface area (Å²) in [7, 11) is 0. The molecule has 0 unspecified atom stereocenters. The van der Waals surface area contributed by atoms with Crippen LogP contribution in [-0.4, -0.2) is 25.4 Å². The minimum atomic E-state index is 0.0369. The molecule has 0 aromatic heterocycles. The van der Waals surface area contributed by atoms with E-state index >= 15 is 0 Å². The van der Waals surface area contributed by atoms with Gasteiger partial charge in [-0.15, -0.1) is 0 Å². The summed E-state index contributed by atoms with van der Waals surface area (Å²) >= 11 is 0. The first-order valence-electron chi connectivity index (χ1n) is 3.82. The van der Waals surface area contributed by atoms with Crippen molar-refractivity contribution in [1.82, 2.24) is 5.32 Å². The predicted octanol–water partition coefficient (Wildman–Crippen LogP) is 0.701. The normalized spacial score (nSPS) is 9.75. The molecule has 4 heteroatoms. The summed E-state index contributed by atoms with van der Waals surface area (Å²) in [4.78, 5) is 14.5. The Bertz CT molecular complexity index is 166. The van der Waals surface area contributed by atoms with Crippen LogP contribution < -0.4 is 5.32 Å². The first-order valence-corrected chi connectivity index (χ1v) is 3.82. The number of nitrogens with one attached hydrogen (secondary N) is 1. The van der Waals surface area contributed by atoms with Crippen molar-refractivity contribution >= 4 is 12.3 Å². The zero-order valence-corrected chi connectivity index (χ0v) is 7.25. The Morgan fingerprint density at radius 1 is 1.75 bits per heavy atom. The minimum absolute atomic E-state index is 0.0369. The van der Waals surface area contributed by atoms with Gasteiger partial charge in [-0.25, -0.2) is 0 Å². The molecule has 0 radical (unpaired) electrons. The van der Waals surface area contributed by atoms with E-state index in [-0.39, 0.29) is 5.91 Å². The third-order valence-electron chi connectivity index (χ3n) is 1.12. The van der Waals surface area contributed by atoms with Gasteiger partial charge in [0.25, 0.3) is 0 Å². The highest BCUT2D eigenvalue weighted by molar-refractivity contribution is 5.75. The Morgan fingerprint density at radius 3 is 3.08 bits per heavy atom. The molecular weight excluding hydrogens is 156 g/mol. The van der Waals surface area contributed by atoms with Gasteiger partial charge in [0.2, 0.25) is 5.91 Å². The fourth-order valence-corrected chi connectivity index (χ4v) is 0.524. The second kappa shape index (κ2) is 7.78. The number of rotatable bonds is 6. The monoisotopic (exact) mass is 170 g/mol. The number of amides is 1. The van der Waals surface area contributed by atoms with Crippen molar-refractivity contribution in [2.75, 3.05) is 13.1 Å². The fraction of sp³-hybridized carbons (Fsp3) is 0.500. The van der Waals surface area contributed by atoms with E-state index in [4.69, 9.17) is 0 Å². The highest BCUT2D eigenvalue weighted by atomic mass is 16.5. The van der Waals surface area contributed by atoms with E-state index < -0.39 is 0 Å². The largest absolute Gasteiger partial charge is 0.454 e. The van der Waals surface area contributed by atoms with Crippen molar-refractivity contribution in [2.45, 2.75) is 13.3 Å². The van der Waals surface area contributed by atoms with Crippen LogP contribution in [0.25, 0.3) is 0 Å². The number of carbonyl (C=O) groups excluding carboxylic acids is 1. The van der Waals surface area contributed by atoms with Crippen LogP contribution in [0.15, 0.2) is 17.8 Å². The van der Waals surface area contributed by atoms with Crippen LogP contribution in [0, 0.1) is 0 Å². The van der Waals surface area contributed by atoms with Crippen molar-refractivity contribution in [3.63, 3.8) is 0 Å². The van der Waals surface area contributed by atoms with Crippen LogP contribution in [0.4, 0.5) is 0 Å². The summed E-state index contributed by atoms with van der Waals surface area (Å²) in [6, 6.07) is 0. The smallest absolute Gasteiger partial charge is 0.219 e. The molecule has 1 amide bonds. The van der Waals surface area contributed by atoms with Crippen molar-refractivity contribution < 1.29 is 9.53 Å². The van der Waals surface area contributed by atoms with Gasteiger partial charge in [-0.3, -0.25) is 9.79 Å². The van der Waals surface area contributed by atoms with Crippen LogP contribution >= 0.6 is 0 Å². The van der Waals surface area contributed by atoms with Crippen LogP contribution in [0.5, 0.6) is 0 Å². The molecule has 0 saturated heterocycles. The van der Waals surface area contributed by atoms with E-state index in [0.717, 1.165) is 0 Å². The second-order valence-corrected chi connectivity index (χ2v) is 2.02. The average Bonchev–Trinajstić information content (AvgIpc) is 2.10. The number of carbonyl (C=O) groups is 1. The molecule has 0 aliphatic rings. The molecule has 0 spiro atoms. The van der Waals surface area contributed by atoms with Gasteiger partial charge in [0, 0.05) is 13.0 Å². The fourth-order valence-electron chi connectivity index (χ4n) is 0.524. The van der Waals surface area contributed by atoms with Gasteiger partial charge in [0.15, 0.2) is 6.40 Å². The summed E-state index contributed by atoms with van der Waals surface area (Å²) in [6.07, 6.45) is 3.09. The molecule has 0 aliphatic carbocycles. The van der Waals surface area contributed by atoms with Crippen molar-refractivity contribution in [3.05, 3.63) is 12.8 Å². The Kier molecular flexibility index (Phi) is 6.93. The number of hydrogen-bond acceptors (Lipinski definition) is 3. The van der Waals surface area contributed by atoms with Crippen LogP contribution in [-0.2, 0) is 9.53 Å².